The molecular weight excluding hydrogens is 362 g/mol. The third-order valence-corrected chi connectivity index (χ3v) is 3.34. The summed E-state index contributed by atoms with van der Waals surface area (Å²) in [4.78, 5) is 10.2. The maximum atomic E-state index is 6.53. The second-order valence-electron chi connectivity index (χ2n) is 6.13. The fraction of sp³-hybridized carbons (Fsp3) is 0.450. The van der Waals surface area contributed by atoms with Crippen LogP contribution in [-0.2, 0) is 4.74 Å². The van der Waals surface area contributed by atoms with Crippen molar-refractivity contribution in [3.05, 3.63) is 28.9 Å². The third-order valence-electron chi connectivity index (χ3n) is 3.07. The first-order valence-electron chi connectivity index (χ1n) is 8.32. The molecule has 0 saturated heterocycles. The van der Waals surface area contributed by atoms with Crippen LogP contribution in [-0.4, -0.2) is 43.5 Å². The molecule has 1 aromatic heterocycles. The number of nitrogens with one attached hydrogen (secondary N) is 1. The second kappa shape index (κ2) is 14.8. The summed E-state index contributed by atoms with van der Waals surface area (Å²) >= 11 is 6.13. The van der Waals surface area contributed by atoms with E-state index in [1.807, 2.05) is 39.6 Å². The first kappa shape index (κ1) is 26.9. The predicted octanol–water partition coefficient (Wildman–Crippen LogP) is 4.32. The number of allylic oxidation sites excluding steroid dienone is 1. The molecule has 0 aliphatic heterocycles. The van der Waals surface area contributed by atoms with Crippen molar-refractivity contribution in [1.82, 2.24) is 9.97 Å². The zero-order valence-corrected chi connectivity index (χ0v) is 18.0. The number of anilines is 2. The zero-order valence-electron chi connectivity index (χ0n) is 17.2. The minimum atomic E-state index is 0.152. The van der Waals surface area contributed by atoms with Gasteiger partial charge in [0.25, 0.3) is 0 Å². The highest BCUT2D eigenvalue weighted by Crippen LogP contribution is 2.30. The number of ether oxygens (including phenoxy) is 1. The number of likely N-dealkylation sites (N-methyl/N-ethyl adjacent to an activating group) is 1. The number of terminal acetylenes is 1. The van der Waals surface area contributed by atoms with Crippen LogP contribution in [0.2, 0.25) is 5.15 Å². The minimum absolute atomic E-state index is 0.152. The zero-order chi connectivity index (χ0) is 21.6. The third kappa shape index (κ3) is 11.1. The molecule has 0 aliphatic carbocycles. The van der Waals surface area contributed by atoms with Gasteiger partial charge in [0, 0.05) is 20.7 Å². The second-order valence-corrected chi connectivity index (χ2v) is 6.48. The van der Waals surface area contributed by atoms with Gasteiger partial charge in [0.2, 0.25) is 5.95 Å². The summed E-state index contributed by atoms with van der Waals surface area (Å²) in [6, 6.07) is 0. The van der Waals surface area contributed by atoms with Gasteiger partial charge in [0.1, 0.15) is 11.0 Å². The number of halogens is 1. The number of methoxy groups -OCH3 is 1. The van der Waals surface area contributed by atoms with Crippen LogP contribution in [0.1, 0.15) is 33.3 Å². The van der Waals surface area contributed by atoms with E-state index in [-0.39, 0.29) is 5.95 Å². The van der Waals surface area contributed by atoms with E-state index in [9.17, 15) is 0 Å². The van der Waals surface area contributed by atoms with Crippen molar-refractivity contribution in [2.75, 3.05) is 37.9 Å². The van der Waals surface area contributed by atoms with E-state index in [1.54, 1.807) is 7.11 Å². The SMILES string of the molecule is C#C.C=C(C)c1c(Cl)nc(N)nc1N(C)C/C=C(\C)COC.CC(C)C=N. The summed E-state index contributed by atoms with van der Waals surface area (Å²) in [7, 11) is 3.59. The van der Waals surface area contributed by atoms with Crippen molar-refractivity contribution in [3.8, 4) is 12.8 Å². The van der Waals surface area contributed by atoms with Crippen molar-refractivity contribution < 1.29 is 4.74 Å². The fourth-order valence-electron chi connectivity index (χ4n) is 1.75. The van der Waals surface area contributed by atoms with Gasteiger partial charge in [-0.15, -0.1) is 12.8 Å². The monoisotopic (exact) mass is 393 g/mol. The average Bonchev–Trinajstić information content (AvgIpc) is 2.61. The lowest BCUT2D eigenvalue weighted by Crippen LogP contribution is -2.21. The first-order valence-corrected chi connectivity index (χ1v) is 8.70. The lowest BCUT2D eigenvalue weighted by Gasteiger charge is -2.21. The Hall–Kier alpha value is -2.36. The Morgan fingerprint density at radius 1 is 1.37 bits per heavy atom. The van der Waals surface area contributed by atoms with Crippen LogP contribution in [0.25, 0.3) is 5.57 Å². The summed E-state index contributed by atoms with van der Waals surface area (Å²) < 4.78 is 5.07. The molecule has 0 aliphatic rings. The van der Waals surface area contributed by atoms with Crippen molar-refractivity contribution in [2.24, 2.45) is 5.92 Å². The molecule has 0 atom stereocenters. The van der Waals surface area contributed by atoms with Crippen molar-refractivity contribution in [3.63, 3.8) is 0 Å². The molecule has 1 rings (SSSR count). The van der Waals surface area contributed by atoms with Gasteiger partial charge in [-0.05, 0) is 31.6 Å². The van der Waals surface area contributed by atoms with E-state index < -0.39 is 0 Å². The molecule has 7 heteroatoms. The van der Waals surface area contributed by atoms with Gasteiger partial charge in [-0.1, -0.05) is 43.7 Å². The molecule has 27 heavy (non-hydrogen) atoms. The van der Waals surface area contributed by atoms with E-state index in [2.05, 4.69) is 35.5 Å². The summed E-state index contributed by atoms with van der Waals surface area (Å²) in [5.41, 5.74) is 8.34. The van der Waals surface area contributed by atoms with Crippen molar-refractivity contribution >= 4 is 35.2 Å². The van der Waals surface area contributed by atoms with Gasteiger partial charge in [-0.25, -0.2) is 4.98 Å². The maximum Gasteiger partial charge on any atom is 0.223 e. The summed E-state index contributed by atoms with van der Waals surface area (Å²) in [5, 5.41) is 6.86. The lowest BCUT2D eigenvalue weighted by molar-refractivity contribution is 0.225. The molecule has 0 radical (unpaired) electrons. The number of hydrogen-bond acceptors (Lipinski definition) is 6. The predicted molar refractivity (Wildman–Crippen MR) is 119 cm³/mol. The van der Waals surface area contributed by atoms with Crippen LogP contribution in [0, 0.1) is 24.2 Å². The van der Waals surface area contributed by atoms with E-state index in [1.165, 1.54) is 6.21 Å². The number of nitrogens with two attached hydrogens (primary N) is 1. The quantitative estimate of drug-likeness (QED) is 0.312. The van der Waals surface area contributed by atoms with Gasteiger partial charge in [0.05, 0.1) is 12.2 Å². The molecule has 0 aromatic carbocycles. The van der Waals surface area contributed by atoms with Crippen LogP contribution >= 0.6 is 11.6 Å². The lowest BCUT2D eigenvalue weighted by atomic mass is 10.1. The fourth-order valence-corrected chi connectivity index (χ4v) is 2.08. The van der Waals surface area contributed by atoms with Crippen molar-refractivity contribution in [2.45, 2.75) is 27.7 Å². The highest BCUT2D eigenvalue weighted by Gasteiger charge is 2.15. The Balaban J connectivity index is 0. The average molecular weight is 394 g/mol. The molecule has 0 fully saturated rings. The molecule has 0 bridgehead atoms. The van der Waals surface area contributed by atoms with Crippen LogP contribution in [0.15, 0.2) is 18.2 Å². The van der Waals surface area contributed by atoms with Crippen molar-refractivity contribution in [1.29, 1.82) is 5.41 Å². The maximum absolute atomic E-state index is 6.53. The molecule has 1 heterocycles. The molecule has 0 unspecified atom stereocenters. The molecule has 0 saturated carbocycles. The summed E-state index contributed by atoms with van der Waals surface area (Å²) in [6.07, 6.45) is 11.5. The largest absolute Gasteiger partial charge is 0.380 e. The van der Waals surface area contributed by atoms with Crippen LogP contribution in [0.5, 0.6) is 0 Å². The van der Waals surface area contributed by atoms with E-state index in [4.69, 9.17) is 27.5 Å². The molecule has 0 spiro atoms. The standard InChI is InChI=1S/C14H21ClN4O.C4H9N.C2H2/c1-9(2)11-12(15)17-14(16)18-13(11)19(4)7-6-10(3)8-20-5;1-4(2)3-5;1-2/h6H,1,7-8H2,2-5H3,(H2,16,17,18);3-5H,1-2H3;1-2H/b10-6+;;. The molecule has 150 valence electrons. The van der Waals surface area contributed by atoms with Gasteiger partial charge >= 0.3 is 0 Å². The summed E-state index contributed by atoms with van der Waals surface area (Å²) in [6.45, 7) is 13.0. The molecular formula is C20H32ClN5O. The topological polar surface area (TPSA) is 88.1 Å². The highest BCUT2D eigenvalue weighted by atomic mass is 35.5. The molecule has 1 aromatic rings. The Bertz CT molecular complexity index is 653. The van der Waals surface area contributed by atoms with Crippen LogP contribution in [0.3, 0.4) is 0 Å². The minimum Gasteiger partial charge on any atom is -0.380 e. The Labute approximate surface area is 169 Å². The van der Waals surface area contributed by atoms with E-state index in [0.29, 0.717) is 30.0 Å². The van der Waals surface area contributed by atoms with E-state index in [0.717, 1.165) is 16.7 Å². The van der Waals surface area contributed by atoms with Crippen LogP contribution < -0.4 is 10.6 Å². The summed E-state index contributed by atoms with van der Waals surface area (Å²) in [5.74, 6) is 1.26. The highest BCUT2D eigenvalue weighted by molar-refractivity contribution is 6.31. The Kier molecular flexibility index (Phi) is 14.7. The molecule has 6 nitrogen and oxygen atoms in total. The van der Waals surface area contributed by atoms with Gasteiger partial charge in [-0.2, -0.15) is 4.98 Å². The van der Waals surface area contributed by atoms with Crippen LogP contribution in [0.4, 0.5) is 11.8 Å². The number of nitrogens with zero attached hydrogens (tertiary/aromatic N) is 3. The van der Waals surface area contributed by atoms with Gasteiger partial charge < -0.3 is 20.8 Å². The van der Waals surface area contributed by atoms with E-state index >= 15 is 0 Å². The number of rotatable bonds is 7. The number of aromatic nitrogens is 2. The Morgan fingerprint density at radius 2 is 1.89 bits per heavy atom. The molecule has 3 N–H and O–H groups in total. The Morgan fingerprint density at radius 3 is 2.30 bits per heavy atom. The van der Waals surface area contributed by atoms with Gasteiger partial charge in [0.15, 0.2) is 0 Å². The number of hydrogen-bond donors (Lipinski definition) is 2. The first-order chi connectivity index (χ1) is 12.6. The normalized spacial score (nSPS) is 10.2. The van der Waals surface area contributed by atoms with Gasteiger partial charge in [-0.3, -0.25) is 0 Å². The number of nitrogen functional groups attached to an aromatic ring is 1. The molecule has 0 amide bonds. The smallest absolute Gasteiger partial charge is 0.223 e.